The molecular formula is C16H32N4S. The van der Waals surface area contributed by atoms with Gasteiger partial charge in [0.15, 0.2) is 5.13 Å². The summed E-state index contributed by atoms with van der Waals surface area (Å²) < 4.78 is 0. The maximum Gasteiger partial charge on any atom is 0.185 e. The van der Waals surface area contributed by atoms with Crippen LogP contribution in [0.5, 0.6) is 0 Å². The summed E-state index contributed by atoms with van der Waals surface area (Å²) in [5, 5.41) is 1.14. The molecule has 0 aliphatic heterocycles. The minimum absolute atomic E-state index is 0.489. The molecule has 0 aliphatic carbocycles. The van der Waals surface area contributed by atoms with Crippen LogP contribution in [0, 0.1) is 5.92 Å². The molecule has 0 aromatic carbocycles. The van der Waals surface area contributed by atoms with Crippen molar-refractivity contribution in [2.24, 2.45) is 11.7 Å². The van der Waals surface area contributed by atoms with Crippen LogP contribution in [0.25, 0.3) is 0 Å². The van der Waals surface area contributed by atoms with Crippen LogP contribution in [0.1, 0.15) is 50.6 Å². The van der Waals surface area contributed by atoms with Crippen molar-refractivity contribution in [3.63, 3.8) is 0 Å². The lowest BCUT2D eigenvalue weighted by atomic mass is 10.0. The first-order valence-corrected chi connectivity index (χ1v) is 8.79. The molecule has 0 amide bonds. The number of thiazole rings is 1. The minimum Gasteiger partial charge on any atom is -0.347 e. The molecule has 2 N–H and O–H groups in total. The van der Waals surface area contributed by atoms with Gasteiger partial charge in [0, 0.05) is 31.1 Å². The second-order valence-electron chi connectivity index (χ2n) is 6.46. The molecule has 1 aromatic heterocycles. The number of nitrogens with two attached hydrogens (primary N) is 1. The van der Waals surface area contributed by atoms with Gasteiger partial charge in [-0.15, -0.1) is 11.3 Å². The van der Waals surface area contributed by atoms with E-state index in [0.29, 0.717) is 18.4 Å². The SMILES string of the molecule is CCC(C)c1nc(N(CCN(C)C)CC(C)C)sc1CN. The van der Waals surface area contributed by atoms with Crippen molar-refractivity contribution in [2.75, 3.05) is 38.6 Å². The van der Waals surface area contributed by atoms with Gasteiger partial charge in [0.2, 0.25) is 0 Å². The zero-order valence-electron chi connectivity index (χ0n) is 14.5. The van der Waals surface area contributed by atoms with Crippen molar-refractivity contribution in [3.8, 4) is 0 Å². The van der Waals surface area contributed by atoms with Gasteiger partial charge in [-0.3, -0.25) is 0 Å². The number of rotatable bonds is 9. The molecule has 1 rings (SSSR count). The fourth-order valence-corrected chi connectivity index (χ4v) is 3.33. The lowest BCUT2D eigenvalue weighted by Gasteiger charge is -2.25. The molecule has 0 aliphatic rings. The molecule has 122 valence electrons. The Morgan fingerprint density at radius 2 is 1.86 bits per heavy atom. The van der Waals surface area contributed by atoms with Crippen LogP contribution in [-0.2, 0) is 6.54 Å². The van der Waals surface area contributed by atoms with E-state index in [1.54, 1.807) is 11.3 Å². The van der Waals surface area contributed by atoms with Crippen molar-refractivity contribution in [1.29, 1.82) is 0 Å². The Labute approximate surface area is 134 Å². The van der Waals surface area contributed by atoms with Gasteiger partial charge in [-0.2, -0.15) is 0 Å². The Morgan fingerprint density at radius 1 is 1.19 bits per heavy atom. The molecule has 0 fully saturated rings. The van der Waals surface area contributed by atoms with Gasteiger partial charge in [-0.25, -0.2) is 4.98 Å². The van der Waals surface area contributed by atoms with Crippen LogP contribution in [0.3, 0.4) is 0 Å². The number of hydrogen-bond acceptors (Lipinski definition) is 5. The van der Waals surface area contributed by atoms with Crippen LogP contribution in [0.15, 0.2) is 0 Å². The van der Waals surface area contributed by atoms with Gasteiger partial charge in [0.25, 0.3) is 0 Å². The second kappa shape index (κ2) is 8.71. The van der Waals surface area contributed by atoms with E-state index >= 15 is 0 Å². The first-order chi connectivity index (χ1) is 9.88. The second-order valence-corrected chi connectivity index (χ2v) is 7.52. The molecule has 1 aromatic rings. The molecule has 4 nitrogen and oxygen atoms in total. The average molecular weight is 313 g/mol. The topological polar surface area (TPSA) is 45.4 Å². The maximum atomic E-state index is 5.92. The van der Waals surface area contributed by atoms with Gasteiger partial charge in [-0.1, -0.05) is 27.7 Å². The molecule has 0 saturated carbocycles. The normalized spacial score (nSPS) is 13.2. The summed E-state index contributed by atoms with van der Waals surface area (Å²) in [4.78, 5) is 10.8. The third-order valence-corrected chi connectivity index (χ3v) is 4.81. The Hall–Kier alpha value is -0.650. The monoisotopic (exact) mass is 312 g/mol. The third kappa shape index (κ3) is 5.57. The largest absolute Gasteiger partial charge is 0.347 e. The first-order valence-electron chi connectivity index (χ1n) is 7.98. The van der Waals surface area contributed by atoms with E-state index in [0.717, 1.165) is 31.2 Å². The van der Waals surface area contributed by atoms with Crippen LogP contribution in [-0.4, -0.2) is 43.6 Å². The Bertz CT molecular complexity index is 414. The standard InChI is InChI=1S/C16H32N4S/c1-7-13(4)15-14(10-17)21-16(18-15)20(11-12(2)3)9-8-19(5)6/h12-13H,7-11,17H2,1-6H3. The quantitative estimate of drug-likeness (QED) is 0.761. The van der Waals surface area contributed by atoms with E-state index in [-0.39, 0.29) is 0 Å². The van der Waals surface area contributed by atoms with Crippen molar-refractivity contribution in [1.82, 2.24) is 9.88 Å². The van der Waals surface area contributed by atoms with Crippen molar-refractivity contribution < 1.29 is 0 Å². The summed E-state index contributed by atoms with van der Waals surface area (Å²) in [6.45, 7) is 12.7. The molecule has 0 radical (unpaired) electrons. The van der Waals surface area contributed by atoms with E-state index in [1.165, 1.54) is 10.6 Å². The molecule has 21 heavy (non-hydrogen) atoms. The van der Waals surface area contributed by atoms with Crippen molar-refractivity contribution in [3.05, 3.63) is 10.6 Å². The molecular weight excluding hydrogens is 280 g/mol. The molecule has 1 atom stereocenters. The van der Waals surface area contributed by atoms with Crippen LogP contribution in [0.4, 0.5) is 5.13 Å². The summed E-state index contributed by atoms with van der Waals surface area (Å²) in [6, 6.07) is 0. The summed E-state index contributed by atoms with van der Waals surface area (Å²) in [5.74, 6) is 1.12. The number of anilines is 1. The summed E-state index contributed by atoms with van der Waals surface area (Å²) in [6.07, 6.45) is 1.11. The number of nitrogens with zero attached hydrogens (tertiary/aromatic N) is 3. The molecule has 0 bridgehead atoms. The highest BCUT2D eigenvalue weighted by Crippen LogP contribution is 2.32. The highest BCUT2D eigenvalue weighted by Gasteiger charge is 2.19. The van der Waals surface area contributed by atoms with E-state index < -0.39 is 0 Å². The van der Waals surface area contributed by atoms with Gasteiger partial charge in [-0.05, 0) is 32.4 Å². The zero-order valence-corrected chi connectivity index (χ0v) is 15.3. The maximum absolute atomic E-state index is 5.92. The predicted molar refractivity (Wildman–Crippen MR) is 94.3 cm³/mol. The van der Waals surface area contributed by atoms with E-state index in [4.69, 9.17) is 10.7 Å². The average Bonchev–Trinajstić information content (AvgIpc) is 2.86. The minimum atomic E-state index is 0.489. The van der Waals surface area contributed by atoms with Gasteiger partial charge in [0.1, 0.15) is 0 Å². The van der Waals surface area contributed by atoms with Crippen molar-refractivity contribution in [2.45, 2.75) is 46.6 Å². The van der Waals surface area contributed by atoms with Gasteiger partial charge < -0.3 is 15.5 Å². The molecule has 0 saturated heterocycles. The van der Waals surface area contributed by atoms with E-state index in [1.807, 2.05) is 0 Å². The summed E-state index contributed by atoms with van der Waals surface area (Å²) >= 11 is 1.78. The first kappa shape index (κ1) is 18.4. The number of hydrogen-bond donors (Lipinski definition) is 1. The fraction of sp³-hybridized carbons (Fsp3) is 0.812. The molecule has 5 heteroatoms. The number of aromatic nitrogens is 1. The van der Waals surface area contributed by atoms with E-state index in [2.05, 4.69) is 51.6 Å². The molecule has 1 heterocycles. The highest BCUT2D eigenvalue weighted by atomic mass is 32.1. The highest BCUT2D eigenvalue weighted by molar-refractivity contribution is 7.15. The Morgan fingerprint density at radius 3 is 2.33 bits per heavy atom. The van der Waals surface area contributed by atoms with Crippen LogP contribution in [0.2, 0.25) is 0 Å². The Balaban J connectivity index is 2.97. The fourth-order valence-electron chi connectivity index (χ4n) is 2.24. The third-order valence-electron chi connectivity index (χ3n) is 3.65. The summed E-state index contributed by atoms with van der Waals surface area (Å²) in [5.41, 5.74) is 7.13. The van der Waals surface area contributed by atoms with E-state index in [9.17, 15) is 0 Å². The van der Waals surface area contributed by atoms with Crippen LogP contribution < -0.4 is 10.6 Å². The zero-order chi connectivity index (χ0) is 16.0. The summed E-state index contributed by atoms with van der Waals surface area (Å²) in [7, 11) is 4.23. The van der Waals surface area contributed by atoms with Gasteiger partial charge in [0.05, 0.1) is 5.69 Å². The number of likely N-dealkylation sites (N-methyl/N-ethyl adjacent to an activating group) is 1. The molecule has 1 unspecified atom stereocenters. The smallest absolute Gasteiger partial charge is 0.185 e. The molecule has 0 spiro atoms. The van der Waals surface area contributed by atoms with Gasteiger partial charge >= 0.3 is 0 Å². The van der Waals surface area contributed by atoms with Crippen molar-refractivity contribution >= 4 is 16.5 Å². The lowest BCUT2D eigenvalue weighted by molar-refractivity contribution is 0.409. The lowest BCUT2D eigenvalue weighted by Crippen LogP contribution is -2.34. The Kier molecular flexibility index (Phi) is 7.63. The predicted octanol–water partition coefficient (Wildman–Crippen LogP) is 3.14. The van der Waals surface area contributed by atoms with Crippen LogP contribution >= 0.6 is 11.3 Å².